The fourth-order valence-electron chi connectivity index (χ4n) is 2.45. The maximum absolute atomic E-state index is 12.2. The lowest BCUT2D eigenvalue weighted by molar-refractivity contribution is -0.128. The van der Waals surface area contributed by atoms with Gasteiger partial charge in [-0.2, -0.15) is 0 Å². The van der Waals surface area contributed by atoms with E-state index in [1.165, 1.54) is 24.6 Å². The van der Waals surface area contributed by atoms with Crippen molar-refractivity contribution in [3.63, 3.8) is 0 Å². The van der Waals surface area contributed by atoms with E-state index in [-0.39, 0.29) is 5.91 Å². The Morgan fingerprint density at radius 1 is 1.20 bits per heavy atom. The maximum atomic E-state index is 12.2. The second kappa shape index (κ2) is 6.31. The summed E-state index contributed by atoms with van der Waals surface area (Å²) in [5.41, 5.74) is 1.62. The summed E-state index contributed by atoms with van der Waals surface area (Å²) in [6.45, 7) is 1.79. The topological polar surface area (TPSA) is 46.3 Å². The van der Waals surface area contributed by atoms with Crippen molar-refractivity contribution in [3.8, 4) is 0 Å². The molecule has 0 N–H and O–H groups in total. The molecule has 0 saturated carbocycles. The zero-order chi connectivity index (χ0) is 13.8. The van der Waals surface area contributed by atoms with Crippen molar-refractivity contribution in [2.75, 3.05) is 18.8 Å². The van der Waals surface area contributed by atoms with Gasteiger partial charge in [-0.1, -0.05) is 36.7 Å². The van der Waals surface area contributed by atoms with Crippen molar-refractivity contribution in [3.05, 3.63) is 24.3 Å². The highest BCUT2D eigenvalue weighted by molar-refractivity contribution is 7.99. The Labute approximate surface area is 122 Å². The van der Waals surface area contributed by atoms with Crippen molar-refractivity contribution in [1.82, 2.24) is 9.88 Å². The average Bonchev–Trinajstić information content (AvgIpc) is 2.69. The Balaban J connectivity index is 1.59. The Kier molecular flexibility index (Phi) is 4.25. The van der Waals surface area contributed by atoms with Gasteiger partial charge in [0.25, 0.3) is 5.22 Å². The fraction of sp³-hybridized carbons (Fsp3) is 0.467. The van der Waals surface area contributed by atoms with Gasteiger partial charge in [0.1, 0.15) is 5.52 Å². The number of aromatic nitrogens is 1. The van der Waals surface area contributed by atoms with Gasteiger partial charge in [0.15, 0.2) is 5.58 Å². The van der Waals surface area contributed by atoms with E-state index < -0.39 is 0 Å². The summed E-state index contributed by atoms with van der Waals surface area (Å²) in [5.74, 6) is 0.603. The van der Waals surface area contributed by atoms with Crippen LogP contribution in [0.1, 0.15) is 25.7 Å². The second-order valence-corrected chi connectivity index (χ2v) is 5.96. The van der Waals surface area contributed by atoms with Crippen LogP contribution in [0.25, 0.3) is 11.1 Å². The van der Waals surface area contributed by atoms with E-state index in [9.17, 15) is 4.79 Å². The summed E-state index contributed by atoms with van der Waals surface area (Å²) in [4.78, 5) is 18.5. The van der Waals surface area contributed by atoms with Crippen molar-refractivity contribution < 1.29 is 9.21 Å². The molecular weight excluding hydrogens is 272 g/mol. The van der Waals surface area contributed by atoms with Crippen LogP contribution >= 0.6 is 11.8 Å². The van der Waals surface area contributed by atoms with E-state index in [0.29, 0.717) is 11.0 Å². The summed E-state index contributed by atoms with van der Waals surface area (Å²) in [5, 5.41) is 0.578. The minimum Gasteiger partial charge on any atom is -0.431 e. The molecule has 4 nitrogen and oxygen atoms in total. The van der Waals surface area contributed by atoms with E-state index in [1.807, 2.05) is 29.2 Å². The molecule has 0 bridgehead atoms. The van der Waals surface area contributed by atoms with Crippen LogP contribution in [-0.4, -0.2) is 34.6 Å². The molecule has 0 unspecified atom stereocenters. The van der Waals surface area contributed by atoms with Crippen LogP contribution in [0.15, 0.2) is 33.9 Å². The molecule has 1 amide bonds. The molecule has 1 saturated heterocycles. The van der Waals surface area contributed by atoms with E-state index in [1.54, 1.807) is 0 Å². The molecular formula is C15H18N2O2S. The van der Waals surface area contributed by atoms with Gasteiger partial charge in [0.2, 0.25) is 5.91 Å². The van der Waals surface area contributed by atoms with Crippen molar-refractivity contribution >= 4 is 28.8 Å². The third kappa shape index (κ3) is 3.15. The molecule has 1 aliphatic heterocycles. The first-order chi connectivity index (χ1) is 9.83. The van der Waals surface area contributed by atoms with Crippen LogP contribution in [0.2, 0.25) is 0 Å². The first kappa shape index (κ1) is 13.5. The van der Waals surface area contributed by atoms with Crippen molar-refractivity contribution in [2.45, 2.75) is 30.9 Å². The first-order valence-corrected chi connectivity index (χ1v) is 8.07. The van der Waals surface area contributed by atoms with E-state index in [4.69, 9.17) is 4.42 Å². The summed E-state index contributed by atoms with van der Waals surface area (Å²) in [7, 11) is 0. The van der Waals surface area contributed by atoms with E-state index >= 15 is 0 Å². The monoisotopic (exact) mass is 290 g/mol. The predicted octanol–water partition coefficient (Wildman–Crippen LogP) is 3.32. The molecule has 2 heterocycles. The molecule has 0 aliphatic carbocycles. The zero-order valence-electron chi connectivity index (χ0n) is 11.4. The quantitative estimate of drug-likeness (QED) is 0.814. The highest BCUT2D eigenvalue weighted by atomic mass is 32.2. The zero-order valence-corrected chi connectivity index (χ0v) is 12.2. The van der Waals surface area contributed by atoms with Crippen LogP contribution in [0.3, 0.4) is 0 Å². The molecule has 106 valence electrons. The Bertz CT molecular complexity index is 555. The average molecular weight is 290 g/mol. The molecule has 1 aromatic heterocycles. The largest absolute Gasteiger partial charge is 0.431 e. The van der Waals surface area contributed by atoms with E-state index in [0.717, 1.165) is 37.0 Å². The van der Waals surface area contributed by atoms with Crippen LogP contribution < -0.4 is 0 Å². The summed E-state index contributed by atoms with van der Waals surface area (Å²) in [6.07, 6.45) is 4.72. The van der Waals surface area contributed by atoms with Crippen LogP contribution in [0, 0.1) is 0 Å². The standard InChI is InChI=1S/C15H18N2O2S/c18-14(17-9-5-1-2-6-10-17)11-20-15-16-12-7-3-4-8-13(12)19-15/h3-4,7-8H,1-2,5-6,9-11H2. The molecule has 1 aromatic carbocycles. The van der Waals surface area contributed by atoms with E-state index in [2.05, 4.69) is 4.98 Å². The number of hydrogen-bond donors (Lipinski definition) is 0. The SMILES string of the molecule is O=C(CSc1nc2ccccc2o1)N1CCCCCC1. The number of amides is 1. The van der Waals surface area contributed by atoms with Crippen LogP contribution in [0.4, 0.5) is 0 Å². The van der Waals surface area contributed by atoms with Gasteiger partial charge >= 0.3 is 0 Å². The summed E-state index contributed by atoms with van der Waals surface area (Å²) < 4.78 is 5.61. The number of carbonyl (C=O) groups excluding carboxylic acids is 1. The normalized spacial score (nSPS) is 16.3. The highest BCUT2D eigenvalue weighted by Gasteiger charge is 2.16. The molecule has 0 radical (unpaired) electrons. The third-order valence-electron chi connectivity index (χ3n) is 3.55. The molecule has 2 aromatic rings. The lowest BCUT2D eigenvalue weighted by atomic mass is 10.2. The minimum absolute atomic E-state index is 0.194. The molecule has 1 aliphatic rings. The van der Waals surface area contributed by atoms with Gasteiger partial charge in [-0.05, 0) is 25.0 Å². The molecule has 5 heteroatoms. The lowest BCUT2D eigenvalue weighted by Crippen LogP contribution is -2.33. The molecule has 1 fully saturated rings. The van der Waals surface area contributed by atoms with Gasteiger partial charge in [0, 0.05) is 13.1 Å². The number of oxazole rings is 1. The summed E-state index contributed by atoms with van der Waals surface area (Å²) in [6, 6.07) is 7.66. The second-order valence-electron chi connectivity index (χ2n) is 5.03. The minimum atomic E-state index is 0.194. The number of likely N-dealkylation sites (tertiary alicyclic amines) is 1. The lowest BCUT2D eigenvalue weighted by Gasteiger charge is -2.19. The number of carbonyl (C=O) groups is 1. The van der Waals surface area contributed by atoms with Crippen molar-refractivity contribution in [1.29, 1.82) is 0 Å². The van der Waals surface area contributed by atoms with Crippen LogP contribution in [0.5, 0.6) is 0 Å². The van der Waals surface area contributed by atoms with Gasteiger partial charge in [0.05, 0.1) is 5.75 Å². The fourth-order valence-corrected chi connectivity index (χ4v) is 3.19. The van der Waals surface area contributed by atoms with Gasteiger partial charge < -0.3 is 9.32 Å². The molecule has 20 heavy (non-hydrogen) atoms. The van der Waals surface area contributed by atoms with Gasteiger partial charge in [-0.15, -0.1) is 0 Å². The van der Waals surface area contributed by atoms with Gasteiger partial charge in [-0.3, -0.25) is 4.79 Å². The van der Waals surface area contributed by atoms with Gasteiger partial charge in [-0.25, -0.2) is 4.98 Å². The Morgan fingerprint density at radius 2 is 1.95 bits per heavy atom. The number of thioether (sulfide) groups is 1. The smallest absolute Gasteiger partial charge is 0.257 e. The first-order valence-electron chi connectivity index (χ1n) is 7.09. The number of nitrogens with zero attached hydrogens (tertiary/aromatic N) is 2. The number of rotatable bonds is 3. The molecule has 0 spiro atoms. The Hall–Kier alpha value is -1.49. The molecule has 0 atom stereocenters. The number of benzene rings is 1. The Morgan fingerprint density at radius 3 is 2.70 bits per heavy atom. The number of hydrogen-bond acceptors (Lipinski definition) is 4. The summed E-state index contributed by atoms with van der Waals surface area (Å²) >= 11 is 1.39. The highest BCUT2D eigenvalue weighted by Crippen LogP contribution is 2.23. The maximum Gasteiger partial charge on any atom is 0.257 e. The van der Waals surface area contributed by atoms with Crippen molar-refractivity contribution in [2.24, 2.45) is 0 Å². The number of fused-ring (bicyclic) bond motifs is 1. The third-order valence-corrected chi connectivity index (χ3v) is 4.37. The molecule has 3 rings (SSSR count). The number of para-hydroxylation sites is 2. The predicted molar refractivity (Wildman–Crippen MR) is 79.8 cm³/mol. The van der Waals surface area contributed by atoms with Crippen LogP contribution in [-0.2, 0) is 4.79 Å².